The Morgan fingerprint density at radius 1 is 0.926 bits per heavy atom. The molecule has 2 saturated carbocycles. The van der Waals surface area contributed by atoms with Crippen molar-refractivity contribution in [1.29, 1.82) is 0 Å². The van der Waals surface area contributed by atoms with E-state index in [0.717, 1.165) is 32.1 Å². The predicted octanol–water partition coefficient (Wildman–Crippen LogP) is 6.10. The number of rotatable bonds is 12. The molecule has 0 heterocycles. The van der Waals surface area contributed by atoms with Crippen LogP contribution in [0.25, 0.3) is 0 Å². The quantitative estimate of drug-likeness (QED) is 0.327. The smallest absolute Gasteiger partial charge is 0.431 e. The zero-order chi connectivity index (χ0) is 19.6. The number of aliphatic hydroxyl groups is 1. The van der Waals surface area contributed by atoms with Crippen LogP contribution in [0.1, 0.15) is 97.8 Å². The summed E-state index contributed by atoms with van der Waals surface area (Å²) in [6, 6.07) is 0. The van der Waals surface area contributed by atoms with Crippen molar-refractivity contribution in [3.05, 3.63) is 0 Å². The van der Waals surface area contributed by atoms with E-state index in [2.05, 4.69) is 20.8 Å². The van der Waals surface area contributed by atoms with Crippen LogP contribution in [-0.2, 0) is 9.47 Å². The molecule has 2 aliphatic carbocycles. The van der Waals surface area contributed by atoms with E-state index in [1.807, 2.05) is 0 Å². The van der Waals surface area contributed by atoms with Crippen LogP contribution < -0.4 is 0 Å². The Bertz CT molecular complexity index is 423. The Kier molecular flexibility index (Phi) is 9.95. The number of hydrogen-bond donors (Lipinski definition) is 1. The standard InChI is InChI=1S/C23H42O4/c1-17(2)20-13-12-18(3)15-22(20)27-23(25)26-21-16-19(21)11-9-7-5-4-6-8-10-14-24/h17-22,24H,4-16H2,1-3H3. The summed E-state index contributed by atoms with van der Waals surface area (Å²) in [4.78, 5) is 12.2. The van der Waals surface area contributed by atoms with E-state index in [1.165, 1.54) is 44.9 Å². The van der Waals surface area contributed by atoms with Crippen molar-refractivity contribution >= 4 is 6.16 Å². The van der Waals surface area contributed by atoms with Crippen LogP contribution in [0.15, 0.2) is 0 Å². The second-order valence-corrected chi connectivity index (χ2v) is 9.37. The molecule has 4 heteroatoms. The van der Waals surface area contributed by atoms with Gasteiger partial charge < -0.3 is 14.6 Å². The molecule has 158 valence electrons. The van der Waals surface area contributed by atoms with Crippen LogP contribution in [0.5, 0.6) is 0 Å². The number of carbonyl (C=O) groups is 1. The summed E-state index contributed by atoms with van der Waals surface area (Å²) >= 11 is 0. The molecule has 0 saturated heterocycles. The van der Waals surface area contributed by atoms with Gasteiger partial charge in [-0.15, -0.1) is 0 Å². The van der Waals surface area contributed by atoms with E-state index in [4.69, 9.17) is 14.6 Å². The first-order valence-corrected chi connectivity index (χ1v) is 11.5. The Morgan fingerprint density at radius 2 is 1.56 bits per heavy atom. The molecule has 5 atom stereocenters. The molecule has 2 fully saturated rings. The Morgan fingerprint density at radius 3 is 2.22 bits per heavy atom. The molecule has 2 rings (SSSR count). The molecule has 1 N–H and O–H groups in total. The van der Waals surface area contributed by atoms with Gasteiger partial charge in [0.15, 0.2) is 0 Å². The highest BCUT2D eigenvalue weighted by atomic mass is 16.7. The third-order valence-electron chi connectivity index (χ3n) is 6.55. The third-order valence-corrected chi connectivity index (χ3v) is 6.55. The minimum Gasteiger partial charge on any atom is -0.431 e. The number of aliphatic hydroxyl groups excluding tert-OH is 1. The van der Waals surface area contributed by atoms with Crippen LogP contribution in [0.4, 0.5) is 4.79 Å². The van der Waals surface area contributed by atoms with Crippen molar-refractivity contribution in [1.82, 2.24) is 0 Å². The maximum absolute atomic E-state index is 12.2. The largest absolute Gasteiger partial charge is 0.508 e. The molecular formula is C23H42O4. The number of carbonyl (C=O) groups excluding carboxylic acids is 1. The summed E-state index contributed by atoms with van der Waals surface area (Å²) in [6.45, 7) is 7.03. The molecule has 0 aliphatic heterocycles. The Balaban J connectivity index is 1.54. The summed E-state index contributed by atoms with van der Waals surface area (Å²) in [5.41, 5.74) is 0. The first kappa shape index (κ1) is 22.5. The average molecular weight is 383 g/mol. The second-order valence-electron chi connectivity index (χ2n) is 9.37. The van der Waals surface area contributed by atoms with E-state index < -0.39 is 6.16 Å². The summed E-state index contributed by atoms with van der Waals surface area (Å²) < 4.78 is 11.3. The van der Waals surface area contributed by atoms with Gasteiger partial charge in [-0.25, -0.2) is 4.79 Å². The number of hydrogen-bond acceptors (Lipinski definition) is 4. The summed E-state index contributed by atoms with van der Waals surface area (Å²) in [5.74, 6) is 2.21. The minimum atomic E-state index is -0.434. The van der Waals surface area contributed by atoms with E-state index in [0.29, 0.717) is 30.3 Å². The van der Waals surface area contributed by atoms with Gasteiger partial charge in [0.05, 0.1) is 0 Å². The average Bonchev–Trinajstić information content (AvgIpc) is 3.34. The first-order valence-electron chi connectivity index (χ1n) is 11.5. The van der Waals surface area contributed by atoms with Crippen LogP contribution >= 0.6 is 0 Å². The Labute approximate surface area is 166 Å². The lowest BCUT2D eigenvalue weighted by molar-refractivity contribution is -0.0357. The van der Waals surface area contributed by atoms with Gasteiger partial charge in [-0.1, -0.05) is 65.7 Å². The minimum absolute atomic E-state index is 0.0317. The second kappa shape index (κ2) is 11.9. The van der Waals surface area contributed by atoms with Crippen molar-refractivity contribution in [2.45, 2.75) is 110 Å². The van der Waals surface area contributed by atoms with Crippen LogP contribution in [0.2, 0.25) is 0 Å². The van der Waals surface area contributed by atoms with Gasteiger partial charge in [-0.3, -0.25) is 0 Å². The van der Waals surface area contributed by atoms with Crippen LogP contribution in [0, 0.1) is 23.7 Å². The topological polar surface area (TPSA) is 55.8 Å². The molecule has 0 bridgehead atoms. The van der Waals surface area contributed by atoms with Gasteiger partial charge in [0.2, 0.25) is 0 Å². The fourth-order valence-electron chi connectivity index (χ4n) is 4.60. The van der Waals surface area contributed by atoms with Gasteiger partial charge in [-0.2, -0.15) is 0 Å². The number of ether oxygens (including phenoxy) is 2. The van der Waals surface area contributed by atoms with Crippen molar-refractivity contribution in [2.24, 2.45) is 23.7 Å². The molecule has 4 nitrogen and oxygen atoms in total. The highest BCUT2D eigenvalue weighted by Gasteiger charge is 2.41. The lowest BCUT2D eigenvalue weighted by Crippen LogP contribution is -2.36. The van der Waals surface area contributed by atoms with Crippen molar-refractivity contribution in [2.75, 3.05) is 6.61 Å². The molecule has 0 aromatic carbocycles. The molecule has 27 heavy (non-hydrogen) atoms. The normalized spacial score (nSPS) is 30.3. The van der Waals surface area contributed by atoms with Gasteiger partial charge in [0.25, 0.3) is 0 Å². The van der Waals surface area contributed by atoms with Gasteiger partial charge in [0, 0.05) is 6.61 Å². The van der Waals surface area contributed by atoms with Gasteiger partial charge >= 0.3 is 6.16 Å². The zero-order valence-corrected chi connectivity index (χ0v) is 17.8. The monoisotopic (exact) mass is 382 g/mol. The highest BCUT2D eigenvalue weighted by molar-refractivity contribution is 5.60. The molecular weight excluding hydrogens is 340 g/mol. The fraction of sp³-hybridized carbons (Fsp3) is 0.957. The van der Waals surface area contributed by atoms with Gasteiger partial charge in [0.1, 0.15) is 12.2 Å². The van der Waals surface area contributed by atoms with E-state index in [-0.39, 0.29) is 12.2 Å². The molecule has 0 aromatic heterocycles. The van der Waals surface area contributed by atoms with Crippen molar-refractivity contribution in [3.8, 4) is 0 Å². The maximum Gasteiger partial charge on any atom is 0.508 e. The molecule has 0 aromatic rings. The highest BCUT2D eigenvalue weighted by Crippen LogP contribution is 2.40. The summed E-state index contributed by atoms with van der Waals surface area (Å²) in [7, 11) is 0. The van der Waals surface area contributed by atoms with Crippen LogP contribution in [0.3, 0.4) is 0 Å². The van der Waals surface area contributed by atoms with E-state index in [9.17, 15) is 4.79 Å². The lowest BCUT2D eigenvalue weighted by atomic mass is 9.75. The SMILES string of the molecule is CC1CCC(C(C)C)C(OC(=O)OC2CC2CCCCCCCCCO)C1. The Hall–Kier alpha value is -0.770. The molecule has 0 amide bonds. The molecule has 0 radical (unpaired) electrons. The van der Waals surface area contributed by atoms with Crippen LogP contribution in [-0.4, -0.2) is 30.1 Å². The van der Waals surface area contributed by atoms with Crippen molar-refractivity contribution < 1.29 is 19.4 Å². The predicted molar refractivity (Wildman–Crippen MR) is 109 cm³/mol. The number of unbranched alkanes of at least 4 members (excludes halogenated alkanes) is 6. The molecule has 5 unspecified atom stereocenters. The van der Waals surface area contributed by atoms with Gasteiger partial charge in [-0.05, 0) is 55.8 Å². The zero-order valence-electron chi connectivity index (χ0n) is 17.8. The molecule has 0 spiro atoms. The summed E-state index contributed by atoms with van der Waals surface area (Å²) in [6.07, 6.45) is 13.6. The first-order chi connectivity index (χ1) is 13.0. The lowest BCUT2D eigenvalue weighted by Gasteiger charge is -2.36. The van der Waals surface area contributed by atoms with E-state index in [1.54, 1.807) is 0 Å². The van der Waals surface area contributed by atoms with E-state index >= 15 is 0 Å². The third kappa shape index (κ3) is 8.41. The maximum atomic E-state index is 12.2. The summed E-state index contributed by atoms with van der Waals surface area (Å²) in [5, 5.41) is 8.76. The van der Waals surface area contributed by atoms with Crippen molar-refractivity contribution in [3.63, 3.8) is 0 Å². The fourth-order valence-corrected chi connectivity index (χ4v) is 4.60. The molecule has 2 aliphatic rings.